The molecule has 2 unspecified atom stereocenters. The van der Waals surface area contributed by atoms with Gasteiger partial charge < -0.3 is 5.32 Å². The normalized spacial score (nSPS) is 24.9. The predicted molar refractivity (Wildman–Crippen MR) is 74.7 cm³/mol. The lowest BCUT2D eigenvalue weighted by Gasteiger charge is -2.27. The zero-order valence-corrected chi connectivity index (χ0v) is 11.7. The van der Waals surface area contributed by atoms with Gasteiger partial charge in [0, 0.05) is 22.6 Å². The minimum Gasteiger partial charge on any atom is -0.310 e. The molecule has 1 aliphatic rings. The first-order chi connectivity index (χ1) is 8.15. The molecule has 2 atom stereocenters. The van der Waals surface area contributed by atoms with E-state index < -0.39 is 0 Å². The first-order valence-corrected chi connectivity index (χ1v) is 7.08. The van der Waals surface area contributed by atoms with E-state index in [1.807, 2.05) is 18.2 Å². The highest BCUT2D eigenvalue weighted by Gasteiger charge is 2.18. The molecule has 1 aromatic rings. The number of hydrogen-bond donors (Lipinski definition) is 1. The molecule has 0 aliphatic heterocycles. The quantitative estimate of drug-likeness (QED) is 0.843. The predicted octanol–water partition coefficient (Wildman–Crippen LogP) is 4.66. The van der Waals surface area contributed by atoms with Crippen LogP contribution in [0.25, 0.3) is 0 Å². The molecule has 0 aromatic heterocycles. The van der Waals surface area contributed by atoms with E-state index in [1.54, 1.807) is 0 Å². The van der Waals surface area contributed by atoms with Gasteiger partial charge in [0.25, 0.3) is 0 Å². The summed E-state index contributed by atoms with van der Waals surface area (Å²) >= 11 is 12.1. The number of benzene rings is 1. The number of hydrogen-bond acceptors (Lipinski definition) is 1. The Labute approximate surface area is 114 Å². The summed E-state index contributed by atoms with van der Waals surface area (Å²) in [6.45, 7) is 3.15. The highest BCUT2D eigenvalue weighted by Crippen LogP contribution is 2.25. The van der Waals surface area contributed by atoms with Crippen molar-refractivity contribution in [3.05, 3.63) is 33.8 Å². The lowest BCUT2D eigenvalue weighted by atomic mass is 9.87. The molecular formula is C14H19Cl2N. The third-order valence-corrected chi connectivity index (χ3v) is 4.13. The molecule has 0 spiro atoms. The molecule has 3 heteroatoms. The van der Waals surface area contributed by atoms with Crippen LogP contribution < -0.4 is 5.32 Å². The molecular weight excluding hydrogens is 253 g/mol. The van der Waals surface area contributed by atoms with Gasteiger partial charge in [0.1, 0.15) is 0 Å². The molecule has 2 rings (SSSR count). The molecule has 1 N–H and O–H groups in total. The zero-order valence-electron chi connectivity index (χ0n) is 10.2. The Morgan fingerprint density at radius 3 is 2.88 bits per heavy atom. The summed E-state index contributed by atoms with van der Waals surface area (Å²) in [7, 11) is 0. The molecule has 94 valence electrons. The first kappa shape index (κ1) is 13.2. The smallest absolute Gasteiger partial charge is 0.0451 e. The second kappa shape index (κ2) is 6.08. The SMILES string of the molecule is CC1CCCC(NCc2cc(Cl)ccc2Cl)C1. The molecule has 1 saturated carbocycles. The average Bonchev–Trinajstić information content (AvgIpc) is 2.30. The van der Waals surface area contributed by atoms with Crippen molar-refractivity contribution in [1.29, 1.82) is 0 Å². The van der Waals surface area contributed by atoms with E-state index in [0.717, 1.165) is 28.1 Å². The maximum atomic E-state index is 6.14. The van der Waals surface area contributed by atoms with Gasteiger partial charge in [0.05, 0.1) is 0 Å². The molecule has 1 fully saturated rings. The topological polar surface area (TPSA) is 12.0 Å². The highest BCUT2D eigenvalue weighted by molar-refractivity contribution is 6.33. The Hall–Kier alpha value is -0.240. The Morgan fingerprint density at radius 1 is 1.29 bits per heavy atom. The number of halogens is 2. The van der Waals surface area contributed by atoms with Gasteiger partial charge in [-0.25, -0.2) is 0 Å². The fraction of sp³-hybridized carbons (Fsp3) is 0.571. The van der Waals surface area contributed by atoms with Crippen molar-refractivity contribution < 1.29 is 0 Å². The second-order valence-electron chi connectivity index (χ2n) is 5.09. The van der Waals surface area contributed by atoms with Gasteiger partial charge in [-0.3, -0.25) is 0 Å². The van der Waals surface area contributed by atoms with Crippen LogP contribution in [0, 0.1) is 5.92 Å². The zero-order chi connectivity index (χ0) is 12.3. The summed E-state index contributed by atoms with van der Waals surface area (Å²) in [6, 6.07) is 6.28. The van der Waals surface area contributed by atoms with Crippen molar-refractivity contribution in [3.8, 4) is 0 Å². The summed E-state index contributed by atoms with van der Waals surface area (Å²) < 4.78 is 0. The van der Waals surface area contributed by atoms with Gasteiger partial charge >= 0.3 is 0 Å². The number of nitrogens with one attached hydrogen (secondary N) is 1. The Bertz CT molecular complexity index is 378. The third kappa shape index (κ3) is 3.87. The summed E-state index contributed by atoms with van der Waals surface area (Å²) in [4.78, 5) is 0. The van der Waals surface area contributed by atoms with Gasteiger partial charge in [0.15, 0.2) is 0 Å². The van der Waals surface area contributed by atoms with Crippen molar-refractivity contribution in [3.63, 3.8) is 0 Å². The van der Waals surface area contributed by atoms with Crippen molar-refractivity contribution >= 4 is 23.2 Å². The van der Waals surface area contributed by atoms with E-state index >= 15 is 0 Å². The standard InChI is InChI=1S/C14H19Cl2N/c1-10-3-2-4-13(7-10)17-9-11-8-12(15)5-6-14(11)16/h5-6,8,10,13,17H,2-4,7,9H2,1H3. The molecule has 0 heterocycles. The van der Waals surface area contributed by atoms with Gasteiger partial charge in [0.2, 0.25) is 0 Å². The summed E-state index contributed by atoms with van der Waals surface area (Å²) in [6.07, 6.45) is 5.26. The maximum Gasteiger partial charge on any atom is 0.0451 e. The van der Waals surface area contributed by atoms with Crippen LogP contribution in [-0.2, 0) is 6.54 Å². The van der Waals surface area contributed by atoms with Crippen molar-refractivity contribution in [1.82, 2.24) is 5.32 Å². The molecule has 0 amide bonds. The van der Waals surface area contributed by atoms with Crippen LogP contribution in [0.15, 0.2) is 18.2 Å². The maximum absolute atomic E-state index is 6.14. The summed E-state index contributed by atoms with van der Waals surface area (Å²) in [5.74, 6) is 0.844. The van der Waals surface area contributed by atoms with Gasteiger partial charge in [-0.05, 0) is 42.5 Å². The van der Waals surface area contributed by atoms with Crippen molar-refractivity contribution in [2.75, 3.05) is 0 Å². The molecule has 0 bridgehead atoms. The van der Waals surface area contributed by atoms with Crippen LogP contribution in [0.4, 0.5) is 0 Å². The lowest BCUT2D eigenvalue weighted by Crippen LogP contribution is -2.33. The fourth-order valence-corrected chi connectivity index (χ4v) is 2.93. The van der Waals surface area contributed by atoms with Gasteiger partial charge in [-0.1, -0.05) is 43.0 Å². The monoisotopic (exact) mass is 271 g/mol. The summed E-state index contributed by atoms with van der Waals surface area (Å²) in [5, 5.41) is 5.14. The van der Waals surface area contributed by atoms with Gasteiger partial charge in [-0.2, -0.15) is 0 Å². The van der Waals surface area contributed by atoms with E-state index in [2.05, 4.69) is 12.2 Å². The van der Waals surface area contributed by atoms with E-state index in [4.69, 9.17) is 23.2 Å². The Balaban J connectivity index is 1.90. The number of rotatable bonds is 3. The second-order valence-corrected chi connectivity index (χ2v) is 5.93. The Kier molecular flexibility index (Phi) is 4.72. The van der Waals surface area contributed by atoms with Crippen LogP contribution in [-0.4, -0.2) is 6.04 Å². The van der Waals surface area contributed by atoms with Crippen LogP contribution in [0.2, 0.25) is 10.0 Å². The van der Waals surface area contributed by atoms with E-state index in [9.17, 15) is 0 Å². The Morgan fingerprint density at radius 2 is 2.12 bits per heavy atom. The molecule has 1 nitrogen and oxygen atoms in total. The van der Waals surface area contributed by atoms with Gasteiger partial charge in [-0.15, -0.1) is 0 Å². The van der Waals surface area contributed by atoms with E-state index in [-0.39, 0.29) is 0 Å². The summed E-state index contributed by atoms with van der Waals surface area (Å²) in [5.41, 5.74) is 1.09. The molecule has 0 saturated heterocycles. The van der Waals surface area contributed by atoms with Crippen LogP contribution in [0.1, 0.15) is 38.2 Å². The first-order valence-electron chi connectivity index (χ1n) is 6.32. The van der Waals surface area contributed by atoms with E-state index in [0.29, 0.717) is 6.04 Å². The van der Waals surface area contributed by atoms with Crippen LogP contribution in [0.3, 0.4) is 0 Å². The minimum absolute atomic E-state index is 0.633. The molecule has 17 heavy (non-hydrogen) atoms. The highest BCUT2D eigenvalue weighted by atomic mass is 35.5. The molecule has 0 radical (unpaired) electrons. The fourth-order valence-electron chi connectivity index (χ4n) is 2.55. The largest absolute Gasteiger partial charge is 0.310 e. The minimum atomic E-state index is 0.633. The lowest BCUT2D eigenvalue weighted by molar-refractivity contribution is 0.300. The molecule has 1 aromatic carbocycles. The third-order valence-electron chi connectivity index (χ3n) is 3.53. The molecule has 1 aliphatic carbocycles. The van der Waals surface area contributed by atoms with Crippen molar-refractivity contribution in [2.45, 2.75) is 45.2 Å². The van der Waals surface area contributed by atoms with Crippen molar-refractivity contribution in [2.24, 2.45) is 5.92 Å². The van der Waals surface area contributed by atoms with E-state index in [1.165, 1.54) is 25.7 Å². The average molecular weight is 272 g/mol. The van der Waals surface area contributed by atoms with Crippen LogP contribution in [0.5, 0.6) is 0 Å². The van der Waals surface area contributed by atoms with Crippen LogP contribution >= 0.6 is 23.2 Å².